The van der Waals surface area contributed by atoms with Gasteiger partial charge in [-0.3, -0.25) is 10.1 Å². The zero-order valence-corrected chi connectivity index (χ0v) is 14.7. The molecule has 1 aromatic carbocycles. The van der Waals surface area contributed by atoms with Gasteiger partial charge in [-0.05, 0) is 73.2 Å². The van der Waals surface area contributed by atoms with Gasteiger partial charge in [0.25, 0.3) is 5.69 Å². The van der Waals surface area contributed by atoms with Gasteiger partial charge in [-0.15, -0.1) is 0 Å². The highest BCUT2D eigenvalue weighted by Crippen LogP contribution is 2.56. The Morgan fingerprint density at radius 3 is 3.04 bits per heavy atom. The number of nitrogens with one attached hydrogen (secondary N) is 1. The minimum atomic E-state index is -0.333. The van der Waals surface area contributed by atoms with Gasteiger partial charge in [0.1, 0.15) is 0 Å². The van der Waals surface area contributed by atoms with Crippen molar-refractivity contribution in [3.05, 3.63) is 46.0 Å². The van der Waals surface area contributed by atoms with Crippen LogP contribution in [0.2, 0.25) is 0 Å². The summed E-state index contributed by atoms with van der Waals surface area (Å²) in [7, 11) is 0. The third-order valence-corrected chi connectivity index (χ3v) is 7.07. The molecule has 4 aliphatic rings. The second-order valence-corrected chi connectivity index (χ2v) is 8.21. The molecule has 2 bridgehead atoms. The summed E-state index contributed by atoms with van der Waals surface area (Å²) in [5, 5.41) is 15.4. The molecule has 5 rings (SSSR count). The SMILES string of the molecule is O=[N+]([O-])c1ccc2c(c1)CCN2C(=S)NC1CC2CC1C1C=CCC21. The Labute approximate surface area is 152 Å². The van der Waals surface area contributed by atoms with E-state index in [2.05, 4.69) is 22.4 Å². The second kappa shape index (κ2) is 5.53. The fraction of sp³-hybridized carbons (Fsp3) is 0.526. The van der Waals surface area contributed by atoms with Crippen molar-refractivity contribution in [1.29, 1.82) is 0 Å². The van der Waals surface area contributed by atoms with Crippen molar-refractivity contribution < 1.29 is 4.92 Å². The first-order valence-electron chi connectivity index (χ1n) is 9.14. The molecule has 0 aromatic heterocycles. The Morgan fingerprint density at radius 2 is 2.20 bits per heavy atom. The van der Waals surface area contributed by atoms with E-state index in [1.165, 1.54) is 19.3 Å². The first-order chi connectivity index (χ1) is 12.1. The van der Waals surface area contributed by atoms with Gasteiger partial charge in [-0.2, -0.15) is 0 Å². The highest BCUT2D eigenvalue weighted by molar-refractivity contribution is 7.80. The fourth-order valence-corrected chi connectivity index (χ4v) is 6.00. The fourth-order valence-electron chi connectivity index (χ4n) is 5.66. The van der Waals surface area contributed by atoms with Crippen LogP contribution < -0.4 is 10.2 Å². The van der Waals surface area contributed by atoms with Crippen molar-refractivity contribution >= 4 is 28.7 Å². The number of benzene rings is 1. The highest BCUT2D eigenvalue weighted by atomic mass is 32.1. The summed E-state index contributed by atoms with van der Waals surface area (Å²) in [6.45, 7) is 0.801. The van der Waals surface area contributed by atoms with Crippen molar-refractivity contribution in [3.63, 3.8) is 0 Å². The Hall–Kier alpha value is -1.95. The standard InChI is InChI=1S/C19H21N3O2S/c23-22(24)13-4-5-18-11(8-13)6-7-21(18)19(25)20-17-10-12-9-16(17)15-3-1-2-14(12)15/h1,3-5,8,12,14-17H,2,6-7,9-10H2,(H,20,25). The zero-order chi connectivity index (χ0) is 17.1. The topological polar surface area (TPSA) is 58.4 Å². The van der Waals surface area contributed by atoms with Crippen LogP contribution >= 0.6 is 12.2 Å². The number of hydrogen-bond donors (Lipinski definition) is 1. The largest absolute Gasteiger partial charge is 0.359 e. The average molecular weight is 355 g/mol. The minimum absolute atomic E-state index is 0.159. The number of rotatable bonds is 2. The Kier molecular flexibility index (Phi) is 3.39. The molecule has 130 valence electrons. The lowest BCUT2D eigenvalue weighted by atomic mass is 9.79. The first kappa shape index (κ1) is 15.3. The van der Waals surface area contributed by atoms with Crippen molar-refractivity contribution in [2.45, 2.75) is 31.7 Å². The molecule has 5 atom stereocenters. The van der Waals surface area contributed by atoms with Crippen molar-refractivity contribution in [2.24, 2.45) is 23.7 Å². The van der Waals surface area contributed by atoms with Crippen LogP contribution in [0.1, 0.15) is 24.8 Å². The molecular weight excluding hydrogens is 334 g/mol. The van der Waals surface area contributed by atoms with Crippen LogP contribution in [-0.4, -0.2) is 22.6 Å². The monoisotopic (exact) mass is 355 g/mol. The zero-order valence-electron chi connectivity index (χ0n) is 13.9. The number of hydrogen-bond acceptors (Lipinski definition) is 3. The van der Waals surface area contributed by atoms with E-state index in [1.54, 1.807) is 12.1 Å². The molecule has 1 N–H and O–H groups in total. The molecule has 25 heavy (non-hydrogen) atoms. The molecule has 0 radical (unpaired) electrons. The van der Waals surface area contributed by atoms with Gasteiger partial charge in [0.2, 0.25) is 0 Å². The average Bonchev–Trinajstić information content (AvgIpc) is 3.34. The summed E-state index contributed by atoms with van der Waals surface area (Å²) in [6.07, 6.45) is 9.43. The minimum Gasteiger partial charge on any atom is -0.359 e. The van der Waals surface area contributed by atoms with E-state index in [4.69, 9.17) is 12.2 Å². The molecule has 0 amide bonds. The first-order valence-corrected chi connectivity index (χ1v) is 9.54. The van der Waals surface area contributed by atoms with Crippen LogP contribution in [0.5, 0.6) is 0 Å². The number of fused-ring (bicyclic) bond motifs is 6. The normalized spacial score (nSPS) is 34.2. The summed E-state index contributed by atoms with van der Waals surface area (Å²) in [5.41, 5.74) is 2.20. The maximum Gasteiger partial charge on any atom is 0.269 e. The van der Waals surface area contributed by atoms with E-state index in [1.807, 2.05) is 6.07 Å². The molecule has 1 aromatic rings. The number of allylic oxidation sites excluding steroid dienone is 2. The lowest BCUT2D eigenvalue weighted by molar-refractivity contribution is -0.384. The van der Waals surface area contributed by atoms with Gasteiger partial charge in [0.05, 0.1) is 4.92 Å². The van der Waals surface area contributed by atoms with E-state index in [0.29, 0.717) is 12.0 Å². The van der Waals surface area contributed by atoms with Crippen molar-refractivity contribution in [1.82, 2.24) is 5.32 Å². The Balaban J connectivity index is 1.31. The smallest absolute Gasteiger partial charge is 0.269 e. The molecule has 2 saturated carbocycles. The molecule has 5 nitrogen and oxygen atoms in total. The van der Waals surface area contributed by atoms with Gasteiger partial charge in [-0.25, -0.2) is 0 Å². The molecule has 0 spiro atoms. The molecule has 5 unspecified atom stereocenters. The van der Waals surface area contributed by atoms with Crippen LogP contribution in [0.25, 0.3) is 0 Å². The number of anilines is 1. The lowest BCUT2D eigenvalue weighted by Gasteiger charge is -2.34. The summed E-state index contributed by atoms with van der Waals surface area (Å²) >= 11 is 5.71. The Bertz CT molecular complexity index is 793. The summed E-state index contributed by atoms with van der Waals surface area (Å²) < 4.78 is 0. The predicted octanol–water partition coefficient (Wildman–Crippen LogP) is 3.43. The van der Waals surface area contributed by atoms with Crippen LogP contribution in [0.4, 0.5) is 11.4 Å². The highest BCUT2D eigenvalue weighted by Gasteiger charge is 2.52. The Morgan fingerprint density at radius 1 is 1.32 bits per heavy atom. The van der Waals surface area contributed by atoms with Gasteiger partial charge in [0.15, 0.2) is 5.11 Å². The van der Waals surface area contributed by atoms with E-state index in [-0.39, 0.29) is 10.6 Å². The van der Waals surface area contributed by atoms with E-state index in [9.17, 15) is 10.1 Å². The molecule has 6 heteroatoms. The van der Waals surface area contributed by atoms with Crippen LogP contribution in [0.15, 0.2) is 30.4 Å². The maximum absolute atomic E-state index is 11.0. The second-order valence-electron chi connectivity index (χ2n) is 7.83. The van der Waals surface area contributed by atoms with Crippen LogP contribution in [0, 0.1) is 33.8 Å². The number of nitrogens with zero attached hydrogens (tertiary/aromatic N) is 2. The lowest BCUT2D eigenvalue weighted by Crippen LogP contribution is -2.48. The van der Waals surface area contributed by atoms with E-state index in [0.717, 1.165) is 47.1 Å². The van der Waals surface area contributed by atoms with Crippen LogP contribution in [-0.2, 0) is 6.42 Å². The van der Waals surface area contributed by atoms with E-state index < -0.39 is 0 Å². The van der Waals surface area contributed by atoms with Gasteiger partial charge >= 0.3 is 0 Å². The predicted molar refractivity (Wildman–Crippen MR) is 101 cm³/mol. The molecule has 0 saturated heterocycles. The number of non-ortho nitro benzene ring substituents is 1. The summed E-state index contributed by atoms with van der Waals surface area (Å²) in [4.78, 5) is 12.7. The van der Waals surface area contributed by atoms with Gasteiger partial charge < -0.3 is 10.2 Å². The van der Waals surface area contributed by atoms with Gasteiger partial charge in [-0.1, -0.05) is 12.2 Å². The van der Waals surface area contributed by atoms with E-state index >= 15 is 0 Å². The molecule has 1 heterocycles. The third kappa shape index (κ3) is 2.30. The number of nitro benzene ring substituents is 1. The summed E-state index contributed by atoms with van der Waals surface area (Å²) in [6, 6.07) is 5.57. The third-order valence-electron chi connectivity index (χ3n) is 6.73. The van der Waals surface area contributed by atoms with Gasteiger partial charge in [0, 0.05) is 30.4 Å². The van der Waals surface area contributed by atoms with Crippen LogP contribution in [0.3, 0.4) is 0 Å². The molecule has 1 aliphatic heterocycles. The molecule has 2 fully saturated rings. The molecular formula is C19H21N3O2S. The number of nitro groups is 1. The molecule has 3 aliphatic carbocycles. The van der Waals surface area contributed by atoms with Crippen molar-refractivity contribution in [3.8, 4) is 0 Å². The number of thiocarbonyl (C=S) groups is 1. The maximum atomic E-state index is 11.0. The quantitative estimate of drug-likeness (QED) is 0.381. The van der Waals surface area contributed by atoms with Crippen molar-refractivity contribution in [2.75, 3.05) is 11.4 Å². The summed E-state index contributed by atoms with van der Waals surface area (Å²) in [5.74, 6) is 3.18.